The van der Waals surface area contributed by atoms with Crippen molar-refractivity contribution in [2.24, 2.45) is 16.7 Å². The minimum absolute atomic E-state index is 0.0599. The molecule has 116 valence electrons. The maximum Gasteiger partial charge on any atom is 0.239 e. The highest BCUT2D eigenvalue weighted by Crippen LogP contribution is 2.62. The summed E-state index contributed by atoms with van der Waals surface area (Å²) >= 11 is 0. The Morgan fingerprint density at radius 3 is 2.45 bits per heavy atom. The van der Waals surface area contributed by atoms with Crippen LogP contribution in [0.25, 0.3) is 0 Å². The Morgan fingerprint density at radius 1 is 1.23 bits per heavy atom. The molecule has 1 aromatic carbocycles. The lowest BCUT2D eigenvalue weighted by Gasteiger charge is -2.33. The molecule has 2 saturated carbocycles. The number of benzene rings is 1. The number of rotatable bonds is 2. The van der Waals surface area contributed by atoms with Gasteiger partial charge in [-0.15, -0.1) is 0 Å². The molecule has 3 rings (SSSR count). The Morgan fingerprint density at radius 2 is 1.91 bits per heavy atom. The molecule has 1 N–H and O–H groups in total. The number of hydrogen-bond donors (Lipinski definition) is 1. The highest BCUT2D eigenvalue weighted by Gasteiger charge is 2.72. The standard InChI is InChI=1S/C16H15F2NO3/c1-15(2)9-5-6-16(15,13(21)12(9)20)14(22)19-8-3-4-10(17)11(18)7-8/h3-4,7,9H,5-6H2,1-2H3,(H,19,22). The van der Waals surface area contributed by atoms with E-state index in [1.54, 1.807) is 13.8 Å². The Balaban J connectivity index is 1.96. The first kappa shape index (κ1) is 14.8. The van der Waals surface area contributed by atoms with Crippen molar-refractivity contribution in [3.8, 4) is 0 Å². The van der Waals surface area contributed by atoms with Crippen molar-refractivity contribution in [3.63, 3.8) is 0 Å². The van der Waals surface area contributed by atoms with Crippen LogP contribution in [0.4, 0.5) is 14.5 Å². The van der Waals surface area contributed by atoms with Crippen LogP contribution in [0.2, 0.25) is 0 Å². The van der Waals surface area contributed by atoms with E-state index < -0.39 is 45.9 Å². The summed E-state index contributed by atoms with van der Waals surface area (Å²) in [7, 11) is 0. The zero-order valence-corrected chi connectivity index (χ0v) is 12.2. The lowest BCUT2D eigenvalue weighted by atomic mass is 9.68. The fourth-order valence-corrected chi connectivity index (χ4v) is 3.90. The summed E-state index contributed by atoms with van der Waals surface area (Å²) in [5, 5.41) is 2.46. The van der Waals surface area contributed by atoms with E-state index >= 15 is 0 Å². The molecule has 2 aliphatic rings. The molecular weight excluding hydrogens is 292 g/mol. The van der Waals surface area contributed by atoms with Crippen LogP contribution in [0.5, 0.6) is 0 Å². The summed E-state index contributed by atoms with van der Waals surface area (Å²) in [6.45, 7) is 3.47. The summed E-state index contributed by atoms with van der Waals surface area (Å²) in [6.07, 6.45) is 0.785. The lowest BCUT2D eigenvalue weighted by Crippen LogP contribution is -2.47. The largest absolute Gasteiger partial charge is 0.325 e. The predicted molar refractivity (Wildman–Crippen MR) is 73.9 cm³/mol. The number of halogens is 2. The number of Topliss-reactive ketones (excluding diaryl/α,β-unsaturated/α-hetero) is 2. The van der Waals surface area contributed by atoms with Crippen LogP contribution in [0.15, 0.2) is 18.2 Å². The number of carbonyl (C=O) groups is 3. The first-order valence-electron chi connectivity index (χ1n) is 7.07. The van der Waals surface area contributed by atoms with Crippen molar-refractivity contribution < 1.29 is 23.2 Å². The van der Waals surface area contributed by atoms with Crippen LogP contribution in [-0.4, -0.2) is 17.5 Å². The quantitative estimate of drug-likeness (QED) is 0.674. The van der Waals surface area contributed by atoms with Gasteiger partial charge in [0.1, 0.15) is 5.41 Å². The zero-order chi connectivity index (χ0) is 16.3. The number of fused-ring (bicyclic) bond motifs is 2. The Bertz CT molecular complexity index is 713. The summed E-state index contributed by atoms with van der Waals surface area (Å²) in [5.41, 5.74) is -2.13. The highest BCUT2D eigenvalue weighted by molar-refractivity contribution is 6.48. The predicted octanol–water partition coefficient (Wildman–Crippen LogP) is 2.48. The SMILES string of the molecule is CC1(C)C2CCC1(C(=O)Nc1ccc(F)c(F)c1)C(=O)C2=O. The van der Waals surface area contributed by atoms with Gasteiger partial charge in [0.15, 0.2) is 11.6 Å². The molecule has 0 aromatic heterocycles. The second kappa shape index (κ2) is 4.44. The Labute approximate surface area is 125 Å². The second-order valence-corrected chi connectivity index (χ2v) is 6.49. The van der Waals surface area contributed by atoms with Gasteiger partial charge in [-0.1, -0.05) is 13.8 Å². The normalized spacial score (nSPS) is 29.0. The van der Waals surface area contributed by atoms with Gasteiger partial charge >= 0.3 is 0 Å². The van der Waals surface area contributed by atoms with Crippen molar-refractivity contribution in [2.45, 2.75) is 26.7 Å². The minimum Gasteiger partial charge on any atom is -0.325 e. The molecule has 0 radical (unpaired) electrons. The first-order chi connectivity index (χ1) is 10.2. The maximum absolute atomic E-state index is 13.2. The average Bonchev–Trinajstić information content (AvgIpc) is 2.79. The van der Waals surface area contributed by atoms with Crippen LogP contribution >= 0.6 is 0 Å². The van der Waals surface area contributed by atoms with Gasteiger partial charge in [-0.3, -0.25) is 14.4 Å². The fourth-order valence-electron chi connectivity index (χ4n) is 3.90. The van der Waals surface area contributed by atoms with Gasteiger partial charge in [0.2, 0.25) is 17.5 Å². The molecule has 4 nitrogen and oxygen atoms in total. The molecule has 0 aliphatic heterocycles. The molecule has 1 amide bonds. The van der Waals surface area contributed by atoms with Crippen molar-refractivity contribution in [2.75, 3.05) is 5.32 Å². The van der Waals surface area contributed by atoms with Crippen molar-refractivity contribution in [3.05, 3.63) is 29.8 Å². The van der Waals surface area contributed by atoms with Crippen molar-refractivity contribution in [1.82, 2.24) is 0 Å². The molecule has 6 heteroatoms. The third-order valence-corrected chi connectivity index (χ3v) is 5.27. The van der Waals surface area contributed by atoms with E-state index in [0.717, 1.165) is 12.1 Å². The Kier molecular flexibility index (Phi) is 2.99. The summed E-state index contributed by atoms with van der Waals surface area (Å²) in [4.78, 5) is 37.0. The van der Waals surface area contributed by atoms with Gasteiger partial charge in [-0.05, 0) is 30.4 Å². The molecule has 22 heavy (non-hydrogen) atoms. The smallest absolute Gasteiger partial charge is 0.239 e. The number of amides is 1. The molecule has 0 spiro atoms. The summed E-state index contributed by atoms with van der Waals surface area (Å²) in [5.74, 6) is -4.36. The van der Waals surface area contributed by atoms with Crippen molar-refractivity contribution >= 4 is 23.2 Å². The number of ketones is 2. The number of anilines is 1. The first-order valence-corrected chi connectivity index (χ1v) is 7.07. The van der Waals surface area contributed by atoms with E-state index in [1.165, 1.54) is 6.07 Å². The molecule has 2 fully saturated rings. The van der Waals surface area contributed by atoms with Gasteiger partial charge in [0.05, 0.1) is 0 Å². The molecule has 2 atom stereocenters. The van der Waals surface area contributed by atoms with Gasteiger partial charge in [0.25, 0.3) is 0 Å². The zero-order valence-electron chi connectivity index (χ0n) is 12.2. The molecule has 2 unspecified atom stereocenters. The second-order valence-electron chi connectivity index (χ2n) is 6.49. The van der Waals surface area contributed by atoms with Gasteiger partial charge in [-0.2, -0.15) is 0 Å². The van der Waals surface area contributed by atoms with E-state index in [1.807, 2.05) is 0 Å². The number of hydrogen-bond acceptors (Lipinski definition) is 3. The van der Waals surface area contributed by atoms with E-state index in [9.17, 15) is 23.2 Å². The van der Waals surface area contributed by atoms with E-state index in [2.05, 4.69) is 5.32 Å². The van der Waals surface area contributed by atoms with Crippen LogP contribution < -0.4 is 5.32 Å². The van der Waals surface area contributed by atoms with Crippen LogP contribution in [0.3, 0.4) is 0 Å². The van der Waals surface area contributed by atoms with Crippen LogP contribution in [0.1, 0.15) is 26.7 Å². The monoisotopic (exact) mass is 307 g/mol. The topological polar surface area (TPSA) is 63.2 Å². The number of nitrogens with one attached hydrogen (secondary N) is 1. The van der Waals surface area contributed by atoms with Gasteiger partial charge in [0, 0.05) is 17.7 Å². The molecule has 1 aromatic rings. The minimum atomic E-state index is -1.42. The van der Waals surface area contributed by atoms with E-state index in [-0.39, 0.29) is 5.69 Å². The third-order valence-electron chi connectivity index (χ3n) is 5.27. The highest BCUT2D eigenvalue weighted by atomic mass is 19.2. The summed E-state index contributed by atoms with van der Waals surface area (Å²) in [6, 6.07) is 2.96. The number of carbonyl (C=O) groups excluding carboxylic acids is 3. The molecule has 0 heterocycles. The van der Waals surface area contributed by atoms with E-state index in [0.29, 0.717) is 12.8 Å². The van der Waals surface area contributed by atoms with E-state index in [4.69, 9.17) is 0 Å². The van der Waals surface area contributed by atoms with Crippen LogP contribution in [-0.2, 0) is 14.4 Å². The Hall–Kier alpha value is -2.11. The summed E-state index contributed by atoms with van der Waals surface area (Å²) < 4.78 is 26.2. The third kappa shape index (κ3) is 1.63. The molecule has 2 aliphatic carbocycles. The van der Waals surface area contributed by atoms with Gasteiger partial charge < -0.3 is 5.32 Å². The lowest BCUT2D eigenvalue weighted by molar-refractivity contribution is -0.147. The van der Waals surface area contributed by atoms with Gasteiger partial charge in [-0.25, -0.2) is 8.78 Å². The average molecular weight is 307 g/mol. The molecular formula is C16H15F2NO3. The maximum atomic E-state index is 13.2. The van der Waals surface area contributed by atoms with Crippen molar-refractivity contribution in [1.29, 1.82) is 0 Å². The van der Waals surface area contributed by atoms with Crippen LogP contribution in [0, 0.1) is 28.4 Å². The molecule has 2 bridgehead atoms. The molecule has 0 saturated heterocycles. The fraction of sp³-hybridized carbons (Fsp3) is 0.438.